The fourth-order valence-electron chi connectivity index (χ4n) is 8.35. The van der Waals surface area contributed by atoms with E-state index in [1.54, 1.807) is 6.08 Å². The van der Waals surface area contributed by atoms with Gasteiger partial charge < -0.3 is 65.1 Å². The Hall–Kier alpha value is -1.27. The molecular weight excluding hydrogens is 799 g/mol. The maximum absolute atomic E-state index is 13.1. The highest BCUT2D eigenvalue weighted by atomic mass is 16.7. The number of hydrogen-bond donors (Lipinski definition) is 9. The fourth-order valence-corrected chi connectivity index (χ4v) is 8.35. The Bertz CT molecular complexity index is 1100. The lowest BCUT2D eigenvalue weighted by Gasteiger charge is -2.46. The quantitative estimate of drug-likeness (QED) is 0.0257. The molecule has 0 bridgehead atoms. The topological polar surface area (TPSA) is 228 Å². The number of nitrogens with one attached hydrogen (secondary N) is 1. The largest absolute Gasteiger partial charge is 0.394 e. The second kappa shape index (κ2) is 35.9. The lowest BCUT2D eigenvalue weighted by molar-refractivity contribution is -0.359. The van der Waals surface area contributed by atoms with Crippen molar-refractivity contribution >= 4 is 5.91 Å². The normalized spacial score (nSPS) is 27.8. The lowest BCUT2D eigenvalue weighted by Crippen LogP contribution is -2.65. The molecule has 2 aliphatic rings. The highest BCUT2D eigenvalue weighted by molar-refractivity contribution is 5.76. The molecule has 0 aromatic carbocycles. The maximum Gasteiger partial charge on any atom is 0.220 e. The van der Waals surface area contributed by atoms with E-state index >= 15 is 0 Å². The van der Waals surface area contributed by atoms with Crippen molar-refractivity contribution in [2.45, 2.75) is 267 Å². The summed E-state index contributed by atoms with van der Waals surface area (Å²) < 4.78 is 22.7. The highest BCUT2D eigenvalue weighted by Gasteiger charge is 2.51. The molecule has 14 nitrogen and oxygen atoms in total. The fraction of sp³-hybridized carbons (Fsp3) is 0.938. The monoisotopic (exact) mass is 890 g/mol. The molecule has 0 aromatic heterocycles. The molecule has 1 amide bonds. The molecule has 14 heteroatoms. The predicted octanol–water partition coefficient (Wildman–Crippen LogP) is 5.99. The lowest BCUT2D eigenvalue weighted by atomic mass is 9.97. The van der Waals surface area contributed by atoms with Gasteiger partial charge in [-0.05, 0) is 19.3 Å². The number of unbranched alkanes of at least 4 members (excludes halogenated alkanes) is 25. The standard InChI is InChI=1S/C48H91NO13/c1-3-5-7-9-11-13-15-17-18-20-22-24-26-28-30-32-40(53)49-36(37(52)31-29-27-25-23-21-19-16-14-12-10-8-6-4-2)35-59-47-45(58)43(56)46(39(34-51)61-47)62-48-44(57)42(55)41(54)38(33-50)60-48/h29,31,36-39,41-48,50-52,54-58H,3-28,30,32-35H2,1-2H3,(H,49,53)/b31-29-/t36?,37?,38-,39-,41+,42+,43-,44-,45-,46+,47-,48-/m1/s1. The molecule has 0 radical (unpaired) electrons. The minimum absolute atomic E-state index is 0.238. The van der Waals surface area contributed by atoms with Gasteiger partial charge in [-0.25, -0.2) is 0 Å². The van der Waals surface area contributed by atoms with Gasteiger partial charge in [-0.1, -0.05) is 180 Å². The van der Waals surface area contributed by atoms with Crippen LogP contribution in [0.1, 0.15) is 194 Å². The van der Waals surface area contributed by atoms with E-state index in [2.05, 4.69) is 19.2 Å². The van der Waals surface area contributed by atoms with Crippen LogP contribution in [0.15, 0.2) is 12.2 Å². The molecule has 366 valence electrons. The third kappa shape index (κ3) is 23.3. The third-order valence-corrected chi connectivity index (χ3v) is 12.5. The molecule has 2 heterocycles. The zero-order valence-corrected chi connectivity index (χ0v) is 38.6. The Labute approximate surface area is 374 Å². The van der Waals surface area contributed by atoms with Crippen LogP contribution in [0.5, 0.6) is 0 Å². The van der Waals surface area contributed by atoms with Crippen LogP contribution in [0.2, 0.25) is 0 Å². The Kier molecular flexibility index (Phi) is 32.9. The van der Waals surface area contributed by atoms with Gasteiger partial charge in [0.1, 0.15) is 48.8 Å². The second-order valence-corrected chi connectivity index (χ2v) is 18.0. The Morgan fingerprint density at radius 3 is 1.48 bits per heavy atom. The van der Waals surface area contributed by atoms with Crippen LogP contribution in [0, 0.1) is 0 Å². The summed E-state index contributed by atoms with van der Waals surface area (Å²) in [5, 5.41) is 86.6. The van der Waals surface area contributed by atoms with Crippen molar-refractivity contribution < 1.29 is 64.6 Å². The van der Waals surface area contributed by atoms with Crippen molar-refractivity contribution in [1.82, 2.24) is 5.32 Å². The van der Waals surface area contributed by atoms with E-state index in [-0.39, 0.29) is 18.9 Å². The van der Waals surface area contributed by atoms with Crippen molar-refractivity contribution in [2.75, 3.05) is 19.8 Å². The summed E-state index contributed by atoms with van der Waals surface area (Å²) >= 11 is 0. The Balaban J connectivity index is 1.86. The van der Waals surface area contributed by atoms with Crippen LogP contribution in [0.3, 0.4) is 0 Å². The summed E-state index contributed by atoms with van der Waals surface area (Å²) in [5.74, 6) is -0.238. The number of hydrogen-bond acceptors (Lipinski definition) is 13. The number of ether oxygens (including phenoxy) is 4. The molecule has 0 saturated carbocycles. The van der Waals surface area contributed by atoms with Crippen LogP contribution in [-0.4, -0.2) is 140 Å². The first-order chi connectivity index (χ1) is 30.1. The van der Waals surface area contributed by atoms with Crippen molar-refractivity contribution in [3.8, 4) is 0 Å². The molecule has 2 unspecified atom stereocenters. The molecule has 2 aliphatic heterocycles. The Morgan fingerprint density at radius 2 is 1.00 bits per heavy atom. The van der Waals surface area contributed by atoms with Gasteiger partial charge in [-0.3, -0.25) is 4.79 Å². The van der Waals surface area contributed by atoms with Crippen LogP contribution < -0.4 is 5.32 Å². The summed E-state index contributed by atoms with van der Waals surface area (Å²) in [6, 6.07) is -0.906. The summed E-state index contributed by atoms with van der Waals surface area (Å²) in [5.41, 5.74) is 0. The molecule has 2 fully saturated rings. The van der Waals surface area contributed by atoms with Gasteiger partial charge in [0.25, 0.3) is 0 Å². The molecule has 0 aliphatic carbocycles. The Morgan fingerprint density at radius 1 is 0.565 bits per heavy atom. The summed E-state index contributed by atoms with van der Waals surface area (Å²) in [4.78, 5) is 13.1. The minimum atomic E-state index is -1.78. The van der Waals surface area contributed by atoms with E-state index in [9.17, 15) is 45.6 Å². The van der Waals surface area contributed by atoms with E-state index in [1.165, 1.54) is 128 Å². The number of amides is 1. The number of allylic oxidation sites excluding steroid dienone is 1. The van der Waals surface area contributed by atoms with Gasteiger partial charge in [0.2, 0.25) is 5.91 Å². The van der Waals surface area contributed by atoms with E-state index in [4.69, 9.17) is 18.9 Å². The summed E-state index contributed by atoms with van der Waals surface area (Å²) in [6.07, 6.45) is 19.6. The first kappa shape index (κ1) is 56.9. The van der Waals surface area contributed by atoms with Gasteiger partial charge in [-0.2, -0.15) is 0 Å². The first-order valence-corrected chi connectivity index (χ1v) is 24.9. The molecule has 62 heavy (non-hydrogen) atoms. The molecule has 0 aromatic rings. The SMILES string of the molecule is CCCCCCCCCCCCC/C=C\C(O)C(CO[C@@H]1O[C@H](CO)[C@H](O[C@H]2O[C@H](CO)[C@H](O)[C@H](O)[C@H]2O)[C@H](O)[C@H]1O)NC(=O)CCCCCCCCCCCCCCCCC. The highest BCUT2D eigenvalue weighted by Crippen LogP contribution is 2.30. The molecule has 9 N–H and O–H groups in total. The smallest absolute Gasteiger partial charge is 0.220 e. The third-order valence-electron chi connectivity index (χ3n) is 12.5. The molecule has 12 atom stereocenters. The molecule has 2 saturated heterocycles. The molecule has 2 rings (SSSR count). The van der Waals surface area contributed by atoms with Gasteiger partial charge >= 0.3 is 0 Å². The number of aliphatic hydroxyl groups excluding tert-OH is 8. The van der Waals surface area contributed by atoms with Gasteiger partial charge in [0.15, 0.2) is 12.6 Å². The average Bonchev–Trinajstić information content (AvgIpc) is 3.27. The van der Waals surface area contributed by atoms with Crippen molar-refractivity contribution in [3.05, 3.63) is 12.2 Å². The van der Waals surface area contributed by atoms with E-state index in [0.29, 0.717) is 6.42 Å². The number of carbonyl (C=O) groups is 1. The van der Waals surface area contributed by atoms with E-state index < -0.39 is 86.8 Å². The van der Waals surface area contributed by atoms with Gasteiger partial charge in [0, 0.05) is 6.42 Å². The zero-order chi connectivity index (χ0) is 45.4. The predicted molar refractivity (Wildman–Crippen MR) is 240 cm³/mol. The van der Waals surface area contributed by atoms with Crippen LogP contribution in [-0.2, 0) is 23.7 Å². The van der Waals surface area contributed by atoms with Crippen molar-refractivity contribution in [3.63, 3.8) is 0 Å². The van der Waals surface area contributed by atoms with Crippen LogP contribution >= 0.6 is 0 Å². The van der Waals surface area contributed by atoms with Crippen molar-refractivity contribution in [1.29, 1.82) is 0 Å². The van der Waals surface area contributed by atoms with Gasteiger partial charge in [-0.15, -0.1) is 0 Å². The molecule has 0 spiro atoms. The number of rotatable bonds is 38. The summed E-state index contributed by atoms with van der Waals surface area (Å²) in [6.45, 7) is 2.78. The van der Waals surface area contributed by atoms with Crippen LogP contribution in [0.25, 0.3) is 0 Å². The minimum Gasteiger partial charge on any atom is -0.394 e. The van der Waals surface area contributed by atoms with Gasteiger partial charge in [0.05, 0.1) is 32.0 Å². The van der Waals surface area contributed by atoms with E-state index in [0.717, 1.165) is 38.5 Å². The zero-order valence-electron chi connectivity index (χ0n) is 38.6. The maximum atomic E-state index is 13.1. The summed E-state index contributed by atoms with van der Waals surface area (Å²) in [7, 11) is 0. The molecular formula is C48H91NO13. The van der Waals surface area contributed by atoms with E-state index in [1.807, 2.05) is 6.08 Å². The van der Waals surface area contributed by atoms with Crippen LogP contribution in [0.4, 0.5) is 0 Å². The van der Waals surface area contributed by atoms with Crippen molar-refractivity contribution in [2.24, 2.45) is 0 Å². The first-order valence-electron chi connectivity index (χ1n) is 24.9. The average molecular weight is 890 g/mol. The number of aliphatic hydroxyl groups is 8. The second-order valence-electron chi connectivity index (χ2n) is 18.0. The number of carbonyl (C=O) groups excluding carboxylic acids is 1.